The summed E-state index contributed by atoms with van der Waals surface area (Å²) in [4.78, 5) is 28.1. The molecule has 0 saturated carbocycles. The maximum Gasteiger partial charge on any atom is 0.289 e. The van der Waals surface area contributed by atoms with Crippen LogP contribution < -0.4 is 5.73 Å². The maximum atomic E-state index is 12.5. The second kappa shape index (κ2) is 6.66. The van der Waals surface area contributed by atoms with Crippen molar-refractivity contribution in [2.24, 2.45) is 5.73 Å². The third kappa shape index (κ3) is 3.27. The van der Waals surface area contributed by atoms with Crippen LogP contribution >= 0.6 is 0 Å². The summed E-state index contributed by atoms with van der Waals surface area (Å²) in [5.74, 6) is 0.0708. The normalized spacial score (nSPS) is 16.2. The average Bonchev–Trinajstić information content (AvgIpc) is 3.15. The number of hydrogen-bond acceptors (Lipinski definition) is 4. The molecule has 2 amide bonds. The molecule has 2 heterocycles. The zero-order valence-corrected chi connectivity index (χ0v) is 12.7. The Bertz CT molecular complexity index is 662. The van der Waals surface area contributed by atoms with Gasteiger partial charge in [0.25, 0.3) is 5.91 Å². The van der Waals surface area contributed by atoms with Gasteiger partial charge in [-0.2, -0.15) is 0 Å². The molecule has 2 aromatic rings. The van der Waals surface area contributed by atoms with Crippen LogP contribution in [0, 0.1) is 0 Å². The number of nitrogens with two attached hydrogens (primary N) is 1. The number of benzene rings is 1. The number of piperazine rings is 1. The Morgan fingerprint density at radius 2 is 1.61 bits per heavy atom. The lowest BCUT2D eigenvalue weighted by molar-refractivity contribution is -0.134. The fourth-order valence-corrected chi connectivity index (χ4v) is 2.69. The lowest BCUT2D eigenvalue weighted by atomic mass is 10.1. The van der Waals surface area contributed by atoms with E-state index in [1.807, 2.05) is 30.3 Å². The largest absolute Gasteiger partial charge is 0.459 e. The summed E-state index contributed by atoms with van der Waals surface area (Å²) >= 11 is 0. The molecule has 6 heteroatoms. The van der Waals surface area contributed by atoms with E-state index in [1.165, 1.54) is 6.26 Å². The molecule has 1 aliphatic heterocycles. The van der Waals surface area contributed by atoms with Crippen molar-refractivity contribution < 1.29 is 14.0 Å². The Balaban J connectivity index is 1.58. The monoisotopic (exact) mass is 313 g/mol. The van der Waals surface area contributed by atoms with E-state index in [9.17, 15) is 9.59 Å². The number of amides is 2. The molecule has 1 aromatic heterocycles. The molecule has 1 aliphatic rings. The SMILES string of the molecule is N[C@H](C(=O)N1CCN(C(=O)c2ccco2)CC1)c1ccccc1. The highest BCUT2D eigenvalue weighted by molar-refractivity contribution is 5.91. The van der Waals surface area contributed by atoms with Crippen LogP contribution in [0.5, 0.6) is 0 Å². The van der Waals surface area contributed by atoms with Gasteiger partial charge in [-0.1, -0.05) is 30.3 Å². The molecule has 1 aromatic carbocycles. The third-order valence-electron chi connectivity index (χ3n) is 4.04. The molecule has 3 rings (SSSR count). The predicted octanol–water partition coefficient (Wildman–Crippen LogP) is 1.26. The molecule has 0 unspecified atom stereocenters. The molecule has 6 nitrogen and oxygen atoms in total. The first-order valence-corrected chi connectivity index (χ1v) is 7.59. The fraction of sp³-hybridized carbons (Fsp3) is 0.294. The highest BCUT2D eigenvalue weighted by atomic mass is 16.3. The Labute approximate surface area is 134 Å². The topological polar surface area (TPSA) is 79.8 Å². The lowest BCUT2D eigenvalue weighted by Crippen LogP contribution is -2.52. The van der Waals surface area contributed by atoms with Crippen LogP contribution in [0.15, 0.2) is 53.1 Å². The van der Waals surface area contributed by atoms with Crippen LogP contribution in [-0.4, -0.2) is 47.8 Å². The van der Waals surface area contributed by atoms with Crippen LogP contribution in [0.3, 0.4) is 0 Å². The minimum atomic E-state index is -0.663. The van der Waals surface area contributed by atoms with Crippen LogP contribution in [0.25, 0.3) is 0 Å². The van der Waals surface area contributed by atoms with Crippen molar-refractivity contribution in [1.29, 1.82) is 0 Å². The fourth-order valence-electron chi connectivity index (χ4n) is 2.69. The molecule has 1 fully saturated rings. The van der Waals surface area contributed by atoms with E-state index in [1.54, 1.807) is 21.9 Å². The van der Waals surface area contributed by atoms with Crippen molar-refractivity contribution in [3.05, 3.63) is 60.1 Å². The molecule has 2 N–H and O–H groups in total. The van der Waals surface area contributed by atoms with Gasteiger partial charge in [-0.25, -0.2) is 0 Å². The molecular formula is C17H19N3O3. The first kappa shape index (κ1) is 15.3. The summed E-state index contributed by atoms with van der Waals surface area (Å²) in [5.41, 5.74) is 6.85. The van der Waals surface area contributed by atoms with Gasteiger partial charge in [-0.3, -0.25) is 9.59 Å². The minimum absolute atomic E-state index is 0.110. The van der Waals surface area contributed by atoms with Gasteiger partial charge in [0.1, 0.15) is 6.04 Å². The second-order valence-corrected chi connectivity index (χ2v) is 5.48. The van der Waals surface area contributed by atoms with Crippen molar-refractivity contribution in [1.82, 2.24) is 9.80 Å². The van der Waals surface area contributed by atoms with Crippen LogP contribution in [-0.2, 0) is 4.79 Å². The first-order chi connectivity index (χ1) is 11.2. The first-order valence-electron chi connectivity index (χ1n) is 7.59. The number of carbonyl (C=O) groups is 2. The highest BCUT2D eigenvalue weighted by Gasteiger charge is 2.28. The minimum Gasteiger partial charge on any atom is -0.459 e. The van der Waals surface area contributed by atoms with E-state index in [0.29, 0.717) is 31.9 Å². The van der Waals surface area contributed by atoms with E-state index in [0.717, 1.165) is 5.56 Å². The maximum absolute atomic E-state index is 12.5. The van der Waals surface area contributed by atoms with E-state index < -0.39 is 6.04 Å². The Kier molecular flexibility index (Phi) is 4.43. The molecule has 1 atom stereocenters. The summed E-state index contributed by atoms with van der Waals surface area (Å²) in [6.45, 7) is 1.91. The Hall–Kier alpha value is -2.60. The van der Waals surface area contributed by atoms with E-state index in [4.69, 9.17) is 10.2 Å². The average molecular weight is 313 g/mol. The molecule has 1 saturated heterocycles. The zero-order valence-electron chi connectivity index (χ0n) is 12.7. The van der Waals surface area contributed by atoms with Gasteiger partial charge in [0, 0.05) is 26.2 Å². The quantitative estimate of drug-likeness (QED) is 0.925. The molecule has 0 bridgehead atoms. The number of rotatable bonds is 3. The van der Waals surface area contributed by atoms with Crippen LogP contribution in [0.1, 0.15) is 22.2 Å². The molecule has 0 aliphatic carbocycles. The molecule has 0 radical (unpaired) electrons. The number of hydrogen-bond donors (Lipinski definition) is 1. The highest BCUT2D eigenvalue weighted by Crippen LogP contribution is 2.15. The van der Waals surface area contributed by atoms with Crippen molar-refractivity contribution >= 4 is 11.8 Å². The molecular weight excluding hydrogens is 294 g/mol. The van der Waals surface area contributed by atoms with Gasteiger partial charge in [0.2, 0.25) is 5.91 Å². The number of furan rings is 1. The number of nitrogens with zero attached hydrogens (tertiary/aromatic N) is 2. The van der Waals surface area contributed by atoms with E-state index in [2.05, 4.69) is 0 Å². The lowest BCUT2D eigenvalue weighted by Gasteiger charge is -2.35. The zero-order chi connectivity index (χ0) is 16.2. The van der Waals surface area contributed by atoms with Gasteiger partial charge in [0.15, 0.2) is 5.76 Å². The van der Waals surface area contributed by atoms with Gasteiger partial charge in [-0.15, -0.1) is 0 Å². The smallest absolute Gasteiger partial charge is 0.289 e. The molecule has 0 spiro atoms. The summed E-state index contributed by atoms with van der Waals surface area (Å²) in [7, 11) is 0. The van der Waals surface area contributed by atoms with Crippen molar-refractivity contribution in [3.8, 4) is 0 Å². The summed E-state index contributed by atoms with van der Waals surface area (Å²) < 4.78 is 5.13. The second-order valence-electron chi connectivity index (χ2n) is 5.48. The van der Waals surface area contributed by atoms with E-state index in [-0.39, 0.29) is 11.8 Å². The van der Waals surface area contributed by atoms with Crippen molar-refractivity contribution in [3.63, 3.8) is 0 Å². The summed E-state index contributed by atoms with van der Waals surface area (Å²) in [6.07, 6.45) is 1.48. The van der Waals surface area contributed by atoms with E-state index >= 15 is 0 Å². The summed E-state index contributed by atoms with van der Waals surface area (Å²) in [6, 6.07) is 12.0. The van der Waals surface area contributed by atoms with Crippen molar-refractivity contribution in [2.45, 2.75) is 6.04 Å². The Morgan fingerprint density at radius 3 is 2.22 bits per heavy atom. The standard InChI is InChI=1S/C17H19N3O3/c18-15(13-5-2-1-3-6-13)17(22)20-10-8-19(9-11-20)16(21)14-7-4-12-23-14/h1-7,12,15H,8-11,18H2/t15-/m0/s1. The van der Waals surface area contributed by atoms with Crippen LogP contribution in [0.4, 0.5) is 0 Å². The summed E-state index contributed by atoms with van der Waals surface area (Å²) in [5, 5.41) is 0. The number of carbonyl (C=O) groups excluding carboxylic acids is 2. The van der Waals surface area contributed by atoms with Gasteiger partial charge in [-0.05, 0) is 17.7 Å². The molecule has 23 heavy (non-hydrogen) atoms. The van der Waals surface area contributed by atoms with Gasteiger partial charge < -0.3 is 20.0 Å². The van der Waals surface area contributed by atoms with Crippen molar-refractivity contribution in [2.75, 3.05) is 26.2 Å². The van der Waals surface area contributed by atoms with Gasteiger partial charge >= 0.3 is 0 Å². The van der Waals surface area contributed by atoms with Crippen LogP contribution in [0.2, 0.25) is 0 Å². The third-order valence-corrected chi connectivity index (χ3v) is 4.04. The van der Waals surface area contributed by atoms with Gasteiger partial charge in [0.05, 0.1) is 6.26 Å². The predicted molar refractivity (Wildman–Crippen MR) is 84.6 cm³/mol. The Morgan fingerprint density at radius 1 is 0.957 bits per heavy atom. The molecule has 120 valence electrons.